The molecule has 0 unspecified atom stereocenters. The molecule has 0 aliphatic rings. The van der Waals surface area contributed by atoms with E-state index in [1.807, 2.05) is 0 Å². The van der Waals surface area contributed by atoms with E-state index < -0.39 is 16.0 Å². The largest absolute Gasteiger partial charge is 0.481 e. The van der Waals surface area contributed by atoms with Crippen LogP contribution in [0.15, 0.2) is 28.5 Å². The Balaban J connectivity index is 2.22. The first-order chi connectivity index (χ1) is 9.78. The number of nitrogens with zero attached hydrogens (tertiary/aromatic N) is 1. The van der Waals surface area contributed by atoms with Crippen molar-refractivity contribution < 1.29 is 18.3 Å². The van der Waals surface area contributed by atoms with E-state index in [1.54, 1.807) is 13.0 Å². The van der Waals surface area contributed by atoms with Crippen molar-refractivity contribution in [3.05, 3.63) is 39.9 Å². The number of rotatable bonds is 5. The summed E-state index contributed by atoms with van der Waals surface area (Å²) < 4.78 is 26.7. The Bertz CT molecular complexity index is 786. The van der Waals surface area contributed by atoms with Gasteiger partial charge in [-0.25, -0.2) is 13.4 Å². The van der Waals surface area contributed by atoms with E-state index in [1.165, 1.54) is 17.5 Å². The summed E-state index contributed by atoms with van der Waals surface area (Å²) in [5, 5.41) is 10.6. The number of benzene rings is 1. The van der Waals surface area contributed by atoms with Crippen LogP contribution in [0.3, 0.4) is 0 Å². The van der Waals surface area contributed by atoms with Gasteiger partial charge in [0.1, 0.15) is 0 Å². The van der Waals surface area contributed by atoms with Gasteiger partial charge in [-0.2, -0.15) is 0 Å². The van der Waals surface area contributed by atoms with Crippen LogP contribution in [0.4, 0.5) is 5.13 Å². The summed E-state index contributed by atoms with van der Waals surface area (Å²) >= 11 is 6.94. The van der Waals surface area contributed by atoms with Gasteiger partial charge in [0.15, 0.2) is 5.13 Å². The highest BCUT2D eigenvalue weighted by atomic mass is 35.5. The van der Waals surface area contributed by atoms with Gasteiger partial charge < -0.3 is 5.11 Å². The van der Waals surface area contributed by atoms with Gasteiger partial charge in [0, 0.05) is 10.4 Å². The van der Waals surface area contributed by atoms with Crippen molar-refractivity contribution in [2.75, 3.05) is 4.72 Å². The van der Waals surface area contributed by atoms with Crippen LogP contribution in [0.1, 0.15) is 11.3 Å². The van der Waals surface area contributed by atoms with E-state index in [0.29, 0.717) is 10.7 Å². The van der Waals surface area contributed by atoms with Crippen LogP contribution >= 0.6 is 22.9 Å². The number of carboxylic acids is 1. The Kier molecular flexibility index (Phi) is 4.50. The molecule has 112 valence electrons. The minimum atomic E-state index is -3.80. The summed E-state index contributed by atoms with van der Waals surface area (Å²) in [6.07, 6.45) is -0.255. The standard InChI is InChI=1S/C12H11ClN2O4S2/c1-7-2-3-9(5-10(7)13)21(18,19)15-12-14-8(6-20-12)4-11(16)17/h2-3,5-6H,4H2,1H3,(H,14,15)(H,16,17). The average Bonchev–Trinajstić information content (AvgIpc) is 2.78. The second-order valence-corrected chi connectivity index (χ2v) is 7.18. The monoisotopic (exact) mass is 346 g/mol. The minimum Gasteiger partial charge on any atom is -0.481 e. The fourth-order valence-electron chi connectivity index (χ4n) is 1.50. The third kappa shape index (κ3) is 3.93. The summed E-state index contributed by atoms with van der Waals surface area (Å²) in [6.45, 7) is 1.77. The molecule has 1 aromatic carbocycles. The fourth-order valence-corrected chi connectivity index (χ4v) is 3.74. The third-order valence-electron chi connectivity index (χ3n) is 2.56. The lowest BCUT2D eigenvalue weighted by molar-refractivity contribution is -0.136. The second kappa shape index (κ2) is 6.00. The summed E-state index contributed by atoms with van der Waals surface area (Å²) in [6, 6.07) is 4.40. The molecular weight excluding hydrogens is 336 g/mol. The Morgan fingerprint density at radius 1 is 1.48 bits per heavy atom. The maximum absolute atomic E-state index is 12.2. The van der Waals surface area contributed by atoms with Gasteiger partial charge in [0.25, 0.3) is 10.0 Å². The predicted molar refractivity (Wildman–Crippen MR) is 80.5 cm³/mol. The Hall–Kier alpha value is -1.64. The maximum atomic E-state index is 12.2. The zero-order chi connectivity index (χ0) is 15.6. The SMILES string of the molecule is Cc1ccc(S(=O)(=O)Nc2nc(CC(=O)O)cs2)cc1Cl. The third-order valence-corrected chi connectivity index (χ3v) is 5.24. The van der Waals surface area contributed by atoms with Gasteiger partial charge in [-0.1, -0.05) is 17.7 Å². The minimum absolute atomic E-state index is 0.0214. The number of aryl methyl sites for hydroxylation is 1. The van der Waals surface area contributed by atoms with E-state index in [9.17, 15) is 13.2 Å². The molecule has 2 rings (SSSR count). The van der Waals surface area contributed by atoms with Crippen LogP contribution in [0, 0.1) is 6.92 Å². The Morgan fingerprint density at radius 2 is 2.19 bits per heavy atom. The number of hydrogen-bond acceptors (Lipinski definition) is 5. The second-order valence-electron chi connectivity index (χ2n) is 4.23. The van der Waals surface area contributed by atoms with Crippen LogP contribution in [0.2, 0.25) is 5.02 Å². The molecule has 0 amide bonds. The van der Waals surface area contributed by atoms with Gasteiger partial charge in [0.2, 0.25) is 0 Å². The van der Waals surface area contributed by atoms with Crippen molar-refractivity contribution in [2.45, 2.75) is 18.2 Å². The zero-order valence-corrected chi connectivity index (χ0v) is 13.2. The van der Waals surface area contributed by atoms with Crippen LogP contribution in [0.5, 0.6) is 0 Å². The molecule has 9 heteroatoms. The molecular formula is C12H11ClN2O4S2. The summed E-state index contributed by atoms with van der Waals surface area (Å²) in [4.78, 5) is 14.5. The van der Waals surface area contributed by atoms with Crippen LogP contribution in [0.25, 0.3) is 0 Å². The van der Waals surface area contributed by atoms with Crippen LogP contribution in [-0.4, -0.2) is 24.5 Å². The van der Waals surface area contributed by atoms with E-state index in [-0.39, 0.29) is 16.4 Å². The highest BCUT2D eigenvalue weighted by Gasteiger charge is 2.17. The number of aromatic nitrogens is 1. The molecule has 2 aromatic rings. The Morgan fingerprint density at radius 3 is 2.81 bits per heavy atom. The van der Waals surface area contributed by atoms with Crippen molar-refractivity contribution >= 4 is 44.1 Å². The lowest BCUT2D eigenvalue weighted by atomic mass is 10.2. The molecule has 0 saturated heterocycles. The summed E-state index contributed by atoms with van der Waals surface area (Å²) in [5.74, 6) is -1.03. The van der Waals surface area contributed by atoms with Gasteiger partial charge >= 0.3 is 5.97 Å². The smallest absolute Gasteiger partial charge is 0.309 e. The van der Waals surface area contributed by atoms with Crippen molar-refractivity contribution in [2.24, 2.45) is 0 Å². The molecule has 0 fully saturated rings. The topological polar surface area (TPSA) is 96.4 Å². The lowest BCUT2D eigenvalue weighted by Crippen LogP contribution is -2.13. The molecule has 21 heavy (non-hydrogen) atoms. The average molecular weight is 347 g/mol. The van der Waals surface area contributed by atoms with Crippen LogP contribution in [-0.2, 0) is 21.2 Å². The molecule has 0 aliphatic carbocycles. The Labute approximate surface area is 130 Å². The molecule has 6 nitrogen and oxygen atoms in total. The lowest BCUT2D eigenvalue weighted by Gasteiger charge is -2.06. The van der Waals surface area contributed by atoms with Gasteiger partial charge in [-0.05, 0) is 24.6 Å². The van der Waals surface area contributed by atoms with E-state index in [0.717, 1.165) is 16.9 Å². The molecule has 0 radical (unpaired) electrons. The van der Waals surface area contributed by atoms with Crippen molar-refractivity contribution in [1.82, 2.24) is 4.98 Å². The summed E-state index contributed by atoms with van der Waals surface area (Å²) in [5.41, 5.74) is 1.07. The number of nitrogens with one attached hydrogen (secondary N) is 1. The van der Waals surface area contributed by atoms with E-state index >= 15 is 0 Å². The number of aliphatic carboxylic acids is 1. The van der Waals surface area contributed by atoms with Gasteiger partial charge in [-0.3, -0.25) is 9.52 Å². The van der Waals surface area contributed by atoms with Crippen molar-refractivity contribution in [3.8, 4) is 0 Å². The maximum Gasteiger partial charge on any atom is 0.309 e. The van der Waals surface area contributed by atoms with Crippen molar-refractivity contribution in [1.29, 1.82) is 0 Å². The van der Waals surface area contributed by atoms with Gasteiger partial charge in [-0.15, -0.1) is 11.3 Å². The molecule has 0 atom stereocenters. The molecule has 0 saturated carbocycles. The number of carboxylic acid groups (broad SMARTS) is 1. The number of hydrogen-bond donors (Lipinski definition) is 2. The molecule has 2 N–H and O–H groups in total. The number of thiazole rings is 1. The molecule has 0 bridgehead atoms. The highest BCUT2D eigenvalue weighted by molar-refractivity contribution is 7.93. The summed E-state index contributed by atoms with van der Waals surface area (Å²) in [7, 11) is -3.80. The first kappa shape index (κ1) is 15.7. The predicted octanol–water partition coefficient (Wildman–Crippen LogP) is 2.53. The molecule has 0 aliphatic heterocycles. The van der Waals surface area contributed by atoms with E-state index in [2.05, 4.69) is 9.71 Å². The fraction of sp³-hybridized carbons (Fsp3) is 0.167. The highest BCUT2D eigenvalue weighted by Crippen LogP contribution is 2.23. The molecule has 1 heterocycles. The number of sulfonamides is 1. The quantitative estimate of drug-likeness (QED) is 0.867. The first-order valence-corrected chi connectivity index (χ1v) is 8.47. The van der Waals surface area contributed by atoms with Gasteiger partial charge in [0.05, 0.1) is 17.0 Å². The number of anilines is 1. The first-order valence-electron chi connectivity index (χ1n) is 5.73. The van der Waals surface area contributed by atoms with E-state index in [4.69, 9.17) is 16.7 Å². The molecule has 0 spiro atoms. The number of halogens is 1. The normalized spacial score (nSPS) is 11.3. The van der Waals surface area contributed by atoms with Crippen LogP contribution < -0.4 is 4.72 Å². The zero-order valence-electron chi connectivity index (χ0n) is 10.8. The molecule has 1 aromatic heterocycles. The van der Waals surface area contributed by atoms with Crippen molar-refractivity contribution in [3.63, 3.8) is 0 Å². The number of carbonyl (C=O) groups is 1.